The number of rotatable bonds is 9. The molecule has 3 heterocycles. The summed E-state index contributed by atoms with van der Waals surface area (Å²) in [5.41, 5.74) is 3.06. The molecule has 166 valence electrons. The Morgan fingerprint density at radius 1 is 1.16 bits per heavy atom. The maximum absolute atomic E-state index is 13.1. The Kier molecular flexibility index (Phi) is 6.62. The van der Waals surface area contributed by atoms with Crippen molar-refractivity contribution in [3.05, 3.63) is 81.8 Å². The lowest BCUT2D eigenvalue weighted by molar-refractivity contribution is 0.102. The molecule has 0 radical (unpaired) electrons. The maximum Gasteiger partial charge on any atom is 0.262 e. The molecule has 0 saturated heterocycles. The lowest BCUT2D eigenvalue weighted by atomic mass is 10.2. The summed E-state index contributed by atoms with van der Waals surface area (Å²) in [5, 5.41) is 1.07. The second kappa shape index (κ2) is 9.58. The van der Waals surface area contributed by atoms with Crippen LogP contribution in [0.3, 0.4) is 0 Å². The fourth-order valence-corrected chi connectivity index (χ4v) is 4.64. The molecule has 7 nitrogen and oxygen atoms in total. The van der Waals surface area contributed by atoms with Crippen LogP contribution in [0.1, 0.15) is 27.5 Å². The maximum atomic E-state index is 13.1. The van der Waals surface area contributed by atoms with Crippen LogP contribution < -0.4 is 5.56 Å². The number of carbonyl (C=O) groups is 1. The van der Waals surface area contributed by atoms with Gasteiger partial charge in [0.25, 0.3) is 5.56 Å². The molecule has 0 aliphatic heterocycles. The summed E-state index contributed by atoms with van der Waals surface area (Å²) in [6, 6.07) is 12.9. The van der Waals surface area contributed by atoms with Crippen molar-refractivity contribution >= 4 is 28.4 Å². The highest BCUT2D eigenvalue weighted by Gasteiger charge is 2.19. The van der Waals surface area contributed by atoms with Gasteiger partial charge in [-0.15, -0.1) is 0 Å². The molecule has 0 aliphatic rings. The van der Waals surface area contributed by atoms with Crippen LogP contribution >= 0.6 is 11.8 Å². The second-order valence-corrected chi connectivity index (χ2v) is 8.47. The standard InChI is InChI=1S/C24H25N3O4S/c1-16-13-20(17(2)27(16)14-18-7-6-11-31-18)22(28)15-32-24-25-21-9-5-4-8-19(21)23(29)26(24)10-12-30-3/h4-9,11,13H,10,12,14-15H2,1-3H3. The topological polar surface area (TPSA) is 79.3 Å². The molecule has 0 bridgehead atoms. The smallest absolute Gasteiger partial charge is 0.262 e. The highest BCUT2D eigenvalue weighted by molar-refractivity contribution is 7.99. The highest BCUT2D eigenvalue weighted by atomic mass is 32.2. The molecule has 32 heavy (non-hydrogen) atoms. The van der Waals surface area contributed by atoms with Crippen molar-refractivity contribution in [1.82, 2.24) is 14.1 Å². The molecule has 1 aromatic carbocycles. The molecule has 0 spiro atoms. The second-order valence-electron chi connectivity index (χ2n) is 7.52. The minimum atomic E-state index is -0.126. The van der Waals surface area contributed by atoms with Crippen molar-refractivity contribution in [2.75, 3.05) is 19.5 Å². The van der Waals surface area contributed by atoms with Crippen molar-refractivity contribution in [1.29, 1.82) is 0 Å². The zero-order valence-corrected chi connectivity index (χ0v) is 19.1. The van der Waals surface area contributed by atoms with E-state index >= 15 is 0 Å². The zero-order valence-electron chi connectivity index (χ0n) is 18.3. The molecule has 0 fully saturated rings. The Labute approximate surface area is 190 Å². The van der Waals surface area contributed by atoms with E-state index in [4.69, 9.17) is 9.15 Å². The van der Waals surface area contributed by atoms with Gasteiger partial charge in [0.05, 0.1) is 42.6 Å². The quantitative estimate of drug-likeness (QED) is 0.217. The van der Waals surface area contributed by atoms with Crippen molar-refractivity contribution < 1.29 is 13.9 Å². The largest absolute Gasteiger partial charge is 0.467 e. The SMILES string of the molecule is COCCn1c(SCC(=O)c2cc(C)n(Cc3ccco3)c2C)nc2ccccc2c1=O. The summed E-state index contributed by atoms with van der Waals surface area (Å²) in [6.07, 6.45) is 1.64. The van der Waals surface area contributed by atoms with E-state index in [-0.39, 0.29) is 17.1 Å². The first-order chi connectivity index (χ1) is 15.5. The van der Waals surface area contributed by atoms with E-state index < -0.39 is 0 Å². The van der Waals surface area contributed by atoms with Crippen molar-refractivity contribution in [3.63, 3.8) is 0 Å². The van der Waals surface area contributed by atoms with Gasteiger partial charge in [0.2, 0.25) is 0 Å². The summed E-state index contributed by atoms with van der Waals surface area (Å²) in [5.74, 6) is 1.01. The number of fused-ring (bicyclic) bond motifs is 1. The summed E-state index contributed by atoms with van der Waals surface area (Å²) < 4.78 is 14.3. The van der Waals surface area contributed by atoms with Crippen molar-refractivity contribution in [2.24, 2.45) is 0 Å². The first kappa shape index (κ1) is 22.1. The van der Waals surface area contributed by atoms with Gasteiger partial charge in [-0.3, -0.25) is 14.2 Å². The molecule has 8 heteroatoms. The fraction of sp³-hybridized carbons (Fsp3) is 0.292. The van der Waals surface area contributed by atoms with E-state index in [0.717, 1.165) is 17.1 Å². The van der Waals surface area contributed by atoms with E-state index in [0.29, 0.717) is 41.3 Å². The number of methoxy groups -OCH3 is 1. The number of Topliss-reactive ketones (excluding diaryl/α,β-unsaturated/α-hetero) is 1. The molecular weight excluding hydrogens is 426 g/mol. The van der Waals surface area contributed by atoms with Gasteiger partial charge >= 0.3 is 0 Å². The number of hydrogen-bond acceptors (Lipinski definition) is 6. The van der Waals surface area contributed by atoms with Gasteiger partial charge in [-0.25, -0.2) is 4.98 Å². The van der Waals surface area contributed by atoms with Crippen LogP contribution in [-0.4, -0.2) is 39.4 Å². The Hall–Kier alpha value is -3.10. The molecule has 4 aromatic rings. The van der Waals surface area contributed by atoms with Crippen LogP contribution in [0.15, 0.2) is 63.1 Å². The number of furan rings is 1. The molecule has 3 aromatic heterocycles. The number of thioether (sulfide) groups is 1. The highest BCUT2D eigenvalue weighted by Crippen LogP contribution is 2.23. The summed E-state index contributed by atoms with van der Waals surface area (Å²) >= 11 is 1.28. The Bertz CT molecular complexity index is 1310. The van der Waals surface area contributed by atoms with Crippen LogP contribution in [0.4, 0.5) is 0 Å². The van der Waals surface area contributed by atoms with Gasteiger partial charge in [-0.1, -0.05) is 23.9 Å². The fourth-order valence-electron chi connectivity index (χ4n) is 3.73. The van der Waals surface area contributed by atoms with Gasteiger partial charge in [0.15, 0.2) is 10.9 Å². The first-order valence-electron chi connectivity index (χ1n) is 10.3. The minimum absolute atomic E-state index is 0.00510. The molecular formula is C24H25N3O4S. The molecule has 0 unspecified atom stereocenters. The normalized spacial score (nSPS) is 11.3. The van der Waals surface area contributed by atoms with E-state index in [1.165, 1.54) is 11.8 Å². The van der Waals surface area contributed by atoms with Crippen LogP contribution in [0, 0.1) is 13.8 Å². The molecule has 4 rings (SSSR count). The number of aryl methyl sites for hydroxylation is 1. The third-order valence-corrected chi connectivity index (χ3v) is 6.42. The molecule has 0 atom stereocenters. The van der Waals surface area contributed by atoms with Crippen LogP contribution in [0.5, 0.6) is 0 Å². The summed E-state index contributed by atoms with van der Waals surface area (Å²) in [4.78, 5) is 30.7. The van der Waals surface area contributed by atoms with E-state index in [9.17, 15) is 9.59 Å². The van der Waals surface area contributed by atoms with E-state index in [1.807, 2.05) is 50.2 Å². The van der Waals surface area contributed by atoms with Crippen LogP contribution in [-0.2, 0) is 17.8 Å². The average Bonchev–Trinajstić information content (AvgIpc) is 3.41. The van der Waals surface area contributed by atoms with Crippen LogP contribution in [0.2, 0.25) is 0 Å². The predicted octanol–water partition coefficient (Wildman–Crippen LogP) is 4.08. The monoisotopic (exact) mass is 451 g/mol. The van der Waals surface area contributed by atoms with Gasteiger partial charge < -0.3 is 13.7 Å². The number of benzene rings is 1. The van der Waals surface area contributed by atoms with Crippen molar-refractivity contribution in [3.8, 4) is 0 Å². The number of aromatic nitrogens is 3. The van der Waals surface area contributed by atoms with Gasteiger partial charge in [-0.2, -0.15) is 0 Å². The van der Waals surface area contributed by atoms with Gasteiger partial charge in [0.1, 0.15) is 5.76 Å². The predicted molar refractivity (Wildman–Crippen MR) is 125 cm³/mol. The first-order valence-corrected chi connectivity index (χ1v) is 11.3. The third kappa shape index (κ3) is 4.42. The zero-order chi connectivity index (χ0) is 22.7. The Morgan fingerprint density at radius 2 is 1.97 bits per heavy atom. The molecule has 0 aliphatic carbocycles. The average molecular weight is 452 g/mol. The Morgan fingerprint density at radius 3 is 2.72 bits per heavy atom. The van der Waals surface area contributed by atoms with Gasteiger partial charge in [0, 0.05) is 24.1 Å². The summed E-state index contributed by atoms with van der Waals surface area (Å²) in [7, 11) is 1.59. The number of hydrogen-bond donors (Lipinski definition) is 0. The minimum Gasteiger partial charge on any atom is -0.467 e. The molecule has 0 saturated carbocycles. The molecule has 0 N–H and O–H groups in total. The Balaban J connectivity index is 1.58. The van der Waals surface area contributed by atoms with Crippen LogP contribution in [0.25, 0.3) is 10.9 Å². The number of para-hydroxylation sites is 1. The third-order valence-electron chi connectivity index (χ3n) is 5.45. The number of carbonyl (C=O) groups excluding carboxylic acids is 1. The number of ether oxygens (including phenoxy) is 1. The van der Waals surface area contributed by atoms with E-state index in [1.54, 1.807) is 24.0 Å². The lowest BCUT2D eigenvalue weighted by Crippen LogP contribution is -2.25. The number of nitrogens with zero attached hydrogens (tertiary/aromatic N) is 3. The van der Waals surface area contributed by atoms with Gasteiger partial charge in [-0.05, 0) is 44.2 Å². The van der Waals surface area contributed by atoms with E-state index in [2.05, 4.69) is 9.55 Å². The molecule has 0 amide bonds. The lowest BCUT2D eigenvalue weighted by Gasteiger charge is -2.12. The number of ketones is 1. The summed E-state index contributed by atoms with van der Waals surface area (Å²) in [6.45, 7) is 5.26. The van der Waals surface area contributed by atoms with Crippen molar-refractivity contribution in [2.45, 2.75) is 32.1 Å².